The largest absolute Gasteiger partial charge is 0.301 e. The van der Waals surface area contributed by atoms with Crippen LogP contribution in [0.5, 0.6) is 0 Å². The maximum atomic E-state index is 4.16. The van der Waals surface area contributed by atoms with E-state index in [0.29, 0.717) is 12.0 Å². The molecular formula is C16H19N. The van der Waals surface area contributed by atoms with Crippen LogP contribution in [-0.2, 0) is 0 Å². The number of hydrogen-bond donors (Lipinski definition) is 0. The SMILES string of the molecule is C=C1C=CC=CC1C(c1ccccc1)N(C)C. The van der Waals surface area contributed by atoms with Crippen molar-refractivity contribution in [2.24, 2.45) is 5.92 Å². The van der Waals surface area contributed by atoms with Gasteiger partial charge in [0.1, 0.15) is 0 Å². The Balaban J connectivity index is 2.33. The number of rotatable bonds is 3. The summed E-state index contributed by atoms with van der Waals surface area (Å²) in [5.74, 6) is 0.359. The van der Waals surface area contributed by atoms with E-state index >= 15 is 0 Å². The lowest BCUT2D eigenvalue weighted by molar-refractivity contribution is 0.261. The molecule has 0 amide bonds. The second-order valence-corrected chi connectivity index (χ2v) is 4.66. The lowest BCUT2D eigenvalue weighted by Gasteiger charge is -2.32. The van der Waals surface area contributed by atoms with E-state index in [9.17, 15) is 0 Å². The fraction of sp³-hybridized carbons (Fsp3) is 0.250. The maximum absolute atomic E-state index is 4.16. The van der Waals surface area contributed by atoms with Crippen LogP contribution in [0.3, 0.4) is 0 Å². The first-order valence-corrected chi connectivity index (χ1v) is 5.95. The molecule has 0 fully saturated rings. The average Bonchev–Trinajstić information content (AvgIpc) is 2.33. The van der Waals surface area contributed by atoms with Crippen LogP contribution in [0.2, 0.25) is 0 Å². The Bertz CT molecular complexity index is 440. The van der Waals surface area contributed by atoms with Crippen LogP contribution in [0.25, 0.3) is 0 Å². The van der Waals surface area contributed by atoms with Crippen molar-refractivity contribution in [3.8, 4) is 0 Å². The van der Waals surface area contributed by atoms with Crippen molar-refractivity contribution in [2.45, 2.75) is 6.04 Å². The molecule has 0 N–H and O–H groups in total. The summed E-state index contributed by atoms with van der Waals surface area (Å²) >= 11 is 0. The minimum absolute atomic E-state index is 0.352. The summed E-state index contributed by atoms with van der Waals surface area (Å²) in [5.41, 5.74) is 2.51. The van der Waals surface area contributed by atoms with Crippen LogP contribution in [0.1, 0.15) is 11.6 Å². The third-order valence-corrected chi connectivity index (χ3v) is 3.21. The molecule has 1 heteroatoms. The van der Waals surface area contributed by atoms with Gasteiger partial charge in [0, 0.05) is 12.0 Å². The molecule has 0 aliphatic heterocycles. The zero-order valence-electron chi connectivity index (χ0n) is 10.5. The normalized spacial score (nSPS) is 20.9. The maximum Gasteiger partial charge on any atom is 0.0445 e. The summed E-state index contributed by atoms with van der Waals surface area (Å²) in [6.07, 6.45) is 8.50. The van der Waals surface area contributed by atoms with E-state index in [1.54, 1.807) is 0 Å². The second-order valence-electron chi connectivity index (χ2n) is 4.66. The number of benzene rings is 1. The molecule has 0 saturated carbocycles. The van der Waals surface area contributed by atoms with Crippen LogP contribution >= 0.6 is 0 Å². The van der Waals surface area contributed by atoms with E-state index in [0.717, 1.165) is 0 Å². The van der Waals surface area contributed by atoms with Gasteiger partial charge < -0.3 is 4.90 Å². The standard InChI is InChI=1S/C16H19N/c1-13-9-7-8-12-15(13)16(17(2)3)14-10-5-4-6-11-14/h4-12,15-16H,1H2,2-3H3. The molecule has 1 aromatic rings. The quantitative estimate of drug-likeness (QED) is 0.760. The van der Waals surface area contributed by atoms with Gasteiger partial charge in [-0.05, 0) is 25.2 Å². The molecule has 0 spiro atoms. The summed E-state index contributed by atoms with van der Waals surface area (Å²) < 4.78 is 0. The summed E-state index contributed by atoms with van der Waals surface area (Å²) in [5, 5.41) is 0. The highest BCUT2D eigenvalue weighted by Gasteiger charge is 2.25. The molecule has 0 radical (unpaired) electrons. The first-order valence-electron chi connectivity index (χ1n) is 5.95. The van der Waals surface area contributed by atoms with Crippen molar-refractivity contribution in [3.63, 3.8) is 0 Å². The number of allylic oxidation sites excluding steroid dienone is 3. The van der Waals surface area contributed by atoms with Crippen LogP contribution in [0.4, 0.5) is 0 Å². The first kappa shape index (κ1) is 11.9. The van der Waals surface area contributed by atoms with Gasteiger partial charge in [-0.25, -0.2) is 0 Å². The smallest absolute Gasteiger partial charge is 0.0445 e. The van der Waals surface area contributed by atoms with E-state index in [4.69, 9.17) is 0 Å². The summed E-state index contributed by atoms with van der Waals surface area (Å²) in [7, 11) is 4.24. The molecule has 17 heavy (non-hydrogen) atoms. The van der Waals surface area contributed by atoms with Gasteiger partial charge in [-0.3, -0.25) is 0 Å². The predicted molar refractivity (Wildman–Crippen MR) is 73.8 cm³/mol. The Morgan fingerprint density at radius 3 is 2.41 bits per heavy atom. The van der Waals surface area contributed by atoms with Crippen molar-refractivity contribution in [3.05, 3.63) is 72.4 Å². The number of hydrogen-bond acceptors (Lipinski definition) is 1. The van der Waals surface area contributed by atoms with E-state index in [-0.39, 0.29) is 0 Å². The molecular weight excluding hydrogens is 206 g/mol. The van der Waals surface area contributed by atoms with Gasteiger partial charge in [-0.1, -0.05) is 61.2 Å². The van der Waals surface area contributed by atoms with Crippen LogP contribution < -0.4 is 0 Å². The Morgan fingerprint density at radius 1 is 1.12 bits per heavy atom. The molecule has 0 saturated heterocycles. The summed E-state index contributed by atoms with van der Waals surface area (Å²) in [6, 6.07) is 11.0. The Labute approximate surface area is 104 Å². The Hall–Kier alpha value is -1.60. The number of nitrogens with zero attached hydrogens (tertiary/aromatic N) is 1. The highest BCUT2D eigenvalue weighted by Crippen LogP contribution is 2.34. The van der Waals surface area contributed by atoms with Crippen LogP contribution in [0.15, 0.2) is 66.8 Å². The molecule has 2 rings (SSSR count). The zero-order valence-corrected chi connectivity index (χ0v) is 10.5. The molecule has 1 aromatic carbocycles. The van der Waals surface area contributed by atoms with Gasteiger partial charge in [-0.15, -0.1) is 0 Å². The van der Waals surface area contributed by atoms with Crippen molar-refractivity contribution >= 4 is 0 Å². The molecule has 88 valence electrons. The third kappa shape index (κ3) is 2.56. The lowest BCUT2D eigenvalue weighted by Crippen LogP contribution is -2.27. The van der Waals surface area contributed by atoms with Gasteiger partial charge in [-0.2, -0.15) is 0 Å². The molecule has 0 bridgehead atoms. The van der Waals surface area contributed by atoms with Crippen molar-refractivity contribution in [2.75, 3.05) is 14.1 Å². The molecule has 0 aromatic heterocycles. The first-order chi connectivity index (χ1) is 8.20. The van der Waals surface area contributed by atoms with E-state index < -0.39 is 0 Å². The molecule has 1 aliphatic rings. The topological polar surface area (TPSA) is 3.24 Å². The molecule has 2 atom stereocenters. The van der Waals surface area contributed by atoms with Gasteiger partial charge in [0.25, 0.3) is 0 Å². The van der Waals surface area contributed by atoms with Crippen molar-refractivity contribution < 1.29 is 0 Å². The van der Waals surface area contributed by atoms with Gasteiger partial charge in [0.15, 0.2) is 0 Å². The van der Waals surface area contributed by atoms with Gasteiger partial charge in [0.05, 0.1) is 0 Å². The zero-order chi connectivity index (χ0) is 12.3. The lowest BCUT2D eigenvalue weighted by atomic mass is 9.84. The van der Waals surface area contributed by atoms with E-state index in [1.165, 1.54) is 11.1 Å². The molecule has 0 heterocycles. The molecule has 2 unspecified atom stereocenters. The van der Waals surface area contributed by atoms with E-state index in [1.807, 2.05) is 0 Å². The average molecular weight is 225 g/mol. The highest BCUT2D eigenvalue weighted by molar-refractivity contribution is 5.35. The highest BCUT2D eigenvalue weighted by atomic mass is 15.1. The van der Waals surface area contributed by atoms with Crippen molar-refractivity contribution in [1.29, 1.82) is 0 Å². The summed E-state index contributed by atoms with van der Waals surface area (Å²) in [6.45, 7) is 4.16. The fourth-order valence-corrected chi connectivity index (χ4v) is 2.38. The van der Waals surface area contributed by atoms with Crippen molar-refractivity contribution in [1.82, 2.24) is 4.90 Å². The summed E-state index contributed by atoms with van der Waals surface area (Å²) in [4.78, 5) is 2.26. The predicted octanol–water partition coefficient (Wildman–Crippen LogP) is 3.59. The Morgan fingerprint density at radius 2 is 1.82 bits per heavy atom. The third-order valence-electron chi connectivity index (χ3n) is 3.21. The van der Waals surface area contributed by atoms with E-state index in [2.05, 4.69) is 80.2 Å². The monoisotopic (exact) mass is 225 g/mol. The second kappa shape index (κ2) is 5.15. The minimum atomic E-state index is 0.352. The van der Waals surface area contributed by atoms with Gasteiger partial charge in [0.2, 0.25) is 0 Å². The minimum Gasteiger partial charge on any atom is -0.301 e. The van der Waals surface area contributed by atoms with Crippen LogP contribution in [-0.4, -0.2) is 19.0 Å². The van der Waals surface area contributed by atoms with Crippen LogP contribution in [0, 0.1) is 5.92 Å². The van der Waals surface area contributed by atoms with Gasteiger partial charge >= 0.3 is 0 Å². The molecule has 1 nitrogen and oxygen atoms in total. The fourth-order valence-electron chi connectivity index (χ4n) is 2.38. The Kier molecular flexibility index (Phi) is 3.60. The molecule has 1 aliphatic carbocycles.